The molecule has 0 rings (SSSR count). The van der Waals surface area contributed by atoms with Crippen molar-refractivity contribution in [2.45, 2.75) is 20.8 Å². The normalized spacial score (nSPS) is 8.00. The number of primary amides is 2. The van der Waals surface area contributed by atoms with Gasteiger partial charge in [-0.3, -0.25) is 4.79 Å². The smallest absolute Gasteiger partial charge is 0.309 e. The zero-order valence-electron chi connectivity index (χ0n) is 6.55. The van der Waals surface area contributed by atoms with Crippen LogP contribution in [0.25, 0.3) is 0 Å². The van der Waals surface area contributed by atoms with Crippen LogP contribution in [-0.4, -0.2) is 11.8 Å². The van der Waals surface area contributed by atoms with Crippen molar-refractivity contribution < 1.29 is 9.59 Å². The van der Waals surface area contributed by atoms with Gasteiger partial charge in [0.1, 0.15) is 5.78 Å². The Morgan fingerprint density at radius 3 is 1.30 bits per heavy atom. The highest BCUT2D eigenvalue weighted by molar-refractivity contribution is 5.77. The first-order valence-electron chi connectivity index (χ1n) is 2.93. The van der Waals surface area contributed by atoms with Gasteiger partial charge >= 0.3 is 6.03 Å². The second-order valence-corrected chi connectivity index (χ2v) is 2.17. The Bertz CT molecular complexity index is 117. The van der Waals surface area contributed by atoms with Gasteiger partial charge in [-0.1, -0.05) is 13.8 Å². The molecule has 0 heterocycles. The molecule has 0 radical (unpaired) electrons. The summed E-state index contributed by atoms with van der Waals surface area (Å²) in [5.41, 5.74) is 8.50. The molecule has 0 unspecified atom stereocenters. The van der Waals surface area contributed by atoms with E-state index in [-0.39, 0.29) is 11.7 Å². The molecule has 0 bridgehead atoms. The van der Waals surface area contributed by atoms with Crippen LogP contribution in [-0.2, 0) is 4.79 Å². The Kier molecular flexibility index (Phi) is 7.10. The van der Waals surface area contributed by atoms with E-state index in [1.54, 1.807) is 6.92 Å². The predicted octanol–water partition coefficient (Wildman–Crippen LogP) is 0.255. The van der Waals surface area contributed by atoms with Gasteiger partial charge in [0, 0.05) is 5.92 Å². The highest BCUT2D eigenvalue weighted by Crippen LogP contribution is 1.89. The van der Waals surface area contributed by atoms with E-state index >= 15 is 0 Å². The SMILES string of the molecule is CC(=O)C(C)C.NC(N)=O. The number of rotatable bonds is 1. The first kappa shape index (κ1) is 11.7. The summed E-state index contributed by atoms with van der Waals surface area (Å²) in [6.07, 6.45) is 0. The Hall–Kier alpha value is -1.06. The molecule has 0 fully saturated rings. The summed E-state index contributed by atoms with van der Waals surface area (Å²) in [6.45, 7) is 5.38. The Morgan fingerprint density at radius 1 is 1.20 bits per heavy atom. The van der Waals surface area contributed by atoms with Crippen molar-refractivity contribution in [3.05, 3.63) is 0 Å². The number of Topliss-reactive ketones (excluding diaryl/α,β-unsaturated/α-hetero) is 1. The molecule has 0 aliphatic carbocycles. The van der Waals surface area contributed by atoms with E-state index in [9.17, 15) is 4.79 Å². The molecule has 10 heavy (non-hydrogen) atoms. The summed E-state index contributed by atoms with van der Waals surface area (Å²) in [7, 11) is 0. The molecular weight excluding hydrogens is 132 g/mol. The van der Waals surface area contributed by atoms with Crippen LogP contribution in [0.2, 0.25) is 0 Å². The van der Waals surface area contributed by atoms with Crippen molar-refractivity contribution in [1.29, 1.82) is 0 Å². The standard InChI is InChI=1S/C5H10O.CH4N2O/c1-4(2)5(3)6;2-1(3)4/h4H,1-3H3;(H4,2,3,4). The van der Waals surface area contributed by atoms with Gasteiger partial charge < -0.3 is 11.5 Å². The monoisotopic (exact) mass is 146 g/mol. The summed E-state index contributed by atoms with van der Waals surface area (Å²) in [6, 6.07) is -0.833. The molecule has 2 amide bonds. The van der Waals surface area contributed by atoms with E-state index in [0.29, 0.717) is 0 Å². The maximum atomic E-state index is 10.1. The third-order valence-corrected chi connectivity index (χ3v) is 0.813. The highest BCUT2D eigenvalue weighted by Gasteiger charge is 1.95. The quantitative estimate of drug-likeness (QED) is 0.555. The van der Waals surface area contributed by atoms with Gasteiger partial charge in [-0.15, -0.1) is 0 Å². The van der Waals surface area contributed by atoms with Crippen LogP contribution in [0.1, 0.15) is 20.8 Å². The van der Waals surface area contributed by atoms with Crippen molar-refractivity contribution in [3.8, 4) is 0 Å². The van der Waals surface area contributed by atoms with Gasteiger partial charge in [-0.25, -0.2) is 4.79 Å². The lowest BCUT2D eigenvalue weighted by atomic mass is 10.1. The van der Waals surface area contributed by atoms with Crippen LogP contribution >= 0.6 is 0 Å². The fraction of sp³-hybridized carbons (Fsp3) is 0.667. The minimum Gasteiger partial charge on any atom is -0.352 e. The van der Waals surface area contributed by atoms with Gasteiger partial charge in [0.15, 0.2) is 0 Å². The maximum Gasteiger partial charge on any atom is 0.309 e. The zero-order valence-corrected chi connectivity index (χ0v) is 6.55. The molecule has 0 aromatic heterocycles. The van der Waals surface area contributed by atoms with E-state index in [0.717, 1.165) is 0 Å². The van der Waals surface area contributed by atoms with Gasteiger partial charge in [-0.2, -0.15) is 0 Å². The third kappa shape index (κ3) is 28.3. The van der Waals surface area contributed by atoms with Crippen molar-refractivity contribution >= 4 is 11.8 Å². The van der Waals surface area contributed by atoms with Gasteiger partial charge in [0.2, 0.25) is 0 Å². The minimum atomic E-state index is -0.833. The predicted molar refractivity (Wildman–Crippen MR) is 39.3 cm³/mol. The number of carbonyl (C=O) groups excluding carboxylic acids is 2. The van der Waals surface area contributed by atoms with Crippen molar-refractivity contribution in [1.82, 2.24) is 0 Å². The summed E-state index contributed by atoms with van der Waals surface area (Å²) in [4.78, 5) is 19.1. The highest BCUT2D eigenvalue weighted by atomic mass is 16.2. The second-order valence-electron chi connectivity index (χ2n) is 2.17. The number of ketones is 1. The molecule has 4 nitrogen and oxygen atoms in total. The molecule has 0 saturated heterocycles. The van der Waals surface area contributed by atoms with Crippen LogP contribution in [0.15, 0.2) is 0 Å². The number of carbonyl (C=O) groups is 2. The van der Waals surface area contributed by atoms with Crippen LogP contribution in [0.3, 0.4) is 0 Å². The Morgan fingerprint density at radius 2 is 1.30 bits per heavy atom. The molecule has 0 aromatic carbocycles. The third-order valence-electron chi connectivity index (χ3n) is 0.813. The zero-order chi connectivity index (χ0) is 8.73. The molecule has 60 valence electrons. The fourth-order valence-electron chi connectivity index (χ4n) is 0. The lowest BCUT2D eigenvalue weighted by Crippen LogP contribution is -2.18. The first-order chi connectivity index (χ1) is 4.37. The topological polar surface area (TPSA) is 86.2 Å². The minimum absolute atomic E-state index is 0.213. The lowest BCUT2D eigenvalue weighted by molar-refractivity contribution is -0.119. The average molecular weight is 146 g/mol. The molecule has 0 spiro atoms. The second kappa shape index (κ2) is 6.07. The number of hydrogen-bond acceptors (Lipinski definition) is 2. The van der Waals surface area contributed by atoms with Gasteiger partial charge in [0.05, 0.1) is 0 Å². The Labute approximate surface area is 60.6 Å². The molecule has 0 aliphatic rings. The van der Waals surface area contributed by atoms with Crippen LogP contribution < -0.4 is 11.5 Å². The number of urea groups is 1. The molecule has 0 saturated carbocycles. The number of nitrogens with two attached hydrogens (primary N) is 2. The maximum absolute atomic E-state index is 10.1. The summed E-state index contributed by atoms with van der Waals surface area (Å²) in [5, 5.41) is 0. The van der Waals surface area contributed by atoms with Crippen molar-refractivity contribution in [2.75, 3.05) is 0 Å². The van der Waals surface area contributed by atoms with E-state index in [4.69, 9.17) is 4.79 Å². The molecule has 0 aliphatic heterocycles. The average Bonchev–Trinajstić information content (AvgIpc) is 1.63. The van der Waals surface area contributed by atoms with Crippen molar-refractivity contribution in [3.63, 3.8) is 0 Å². The molecule has 4 heteroatoms. The summed E-state index contributed by atoms with van der Waals surface area (Å²) in [5.74, 6) is 0.472. The number of amides is 2. The Balaban J connectivity index is 0. The van der Waals surface area contributed by atoms with E-state index in [1.807, 2.05) is 13.8 Å². The van der Waals surface area contributed by atoms with Crippen LogP contribution in [0.4, 0.5) is 4.79 Å². The fourth-order valence-corrected chi connectivity index (χ4v) is 0. The molecule has 0 aromatic rings. The first-order valence-corrected chi connectivity index (χ1v) is 2.93. The van der Waals surface area contributed by atoms with Crippen LogP contribution in [0.5, 0.6) is 0 Å². The van der Waals surface area contributed by atoms with Gasteiger partial charge in [-0.05, 0) is 6.92 Å². The van der Waals surface area contributed by atoms with E-state index in [2.05, 4.69) is 11.5 Å². The van der Waals surface area contributed by atoms with E-state index < -0.39 is 6.03 Å². The molecule has 0 atom stereocenters. The van der Waals surface area contributed by atoms with Crippen molar-refractivity contribution in [2.24, 2.45) is 17.4 Å². The van der Waals surface area contributed by atoms with Crippen LogP contribution in [0, 0.1) is 5.92 Å². The lowest BCUT2D eigenvalue weighted by Gasteiger charge is -1.90. The number of hydrogen-bond donors (Lipinski definition) is 2. The molecular formula is C6H14N2O2. The molecule has 4 N–H and O–H groups in total. The van der Waals surface area contributed by atoms with Gasteiger partial charge in [0.25, 0.3) is 0 Å². The summed E-state index contributed by atoms with van der Waals surface area (Å²) >= 11 is 0. The summed E-state index contributed by atoms with van der Waals surface area (Å²) < 4.78 is 0. The largest absolute Gasteiger partial charge is 0.352 e. The van der Waals surface area contributed by atoms with E-state index in [1.165, 1.54) is 0 Å².